The minimum atomic E-state index is -0.709. The Morgan fingerprint density at radius 1 is 1.08 bits per heavy atom. The average molecular weight is 537 g/mol. The Morgan fingerprint density at radius 2 is 1.77 bits per heavy atom. The topological polar surface area (TPSA) is 83.8 Å². The summed E-state index contributed by atoms with van der Waals surface area (Å²) < 4.78 is 5.30. The first-order valence-electron chi connectivity index (χ1n) is 14.8. The van der Waals surface area contributed by atoms with Gasteiger partial charge in [0.05, 0.1) is 5.41 Å². The lowest BCUT2D eigenvalue weighted by molar-refractivity contribution is -0.150. The maximum atomic E-state index is 12.6. The van der Waals surface area contributed by atoms with Crippen LogP contribution >= 0.6 is 0 Å². The summed E-state index contributed by atoms with van der Waals surface area (Å²) in [6, 6.07) is 1.76. The molecule has 0 aromatic heterocycles. The fourth-order valence-electron chi connectivity index (χ4n) is 8.17. The van der Waals surface area contributed by atoms with E-state index in [4.69, 9.17) is 4.74 Å². The highest BCUT2D eigenvalue weighted by Crippen LogP contribution is 2.62. The first-order valence-corrected chi connectivity index (χ1v) is 14.8. The summed E-state index contributed by atoms with van der Waals surface area (Å²) in [5, 5.41) is 22.6. The second-order valence-electron chi connectivity index (χ2n) is 14.0. The lowest BCUT2D eigenvalue weighted by atomic mass is 9.49. The molecule has 1 aromatic carbocycles. The molecule has 3 aliphatic carbocycles. The van der Waals surface area contributed by atoms with Gasteiger partial charge in [-0.15, -0.1) is 0 Å². The summed E-state index contributed by atoms with van der Waals surface area (Å²) in [7, 11) is 0. The number of carbonyl (C=O) groups is 2. The van der Waals surface area contributed by atoms with E-state index in [-0.39, 0.29) is 33.7 Å². The number of aliphatic carboxylic acids is 1. The number of rotatable bonds is 6. The van der Waals surface area contributed by atoms with Gasteiger partial charge in [-0.05, 0) is 91.4 Å². The van der Waals surface area contributed by atoms with Crippen molar-refractivity contribution in [3.63, 3.8) is 0 Å². The third kappa shape index (κ3) is 4.95. The van der Waals surface area contributed by atoms with Crippen LogP contribution in [0.15, 0.2) is 17.7 Å². The molecule has 1 aromatic rings. The molecular weight excluding hydrogens is 488 g/mol. The van der Waals surface area contributed by atoms with Crippen LogP contribution in [0.5, 0.6) is 11.5 Å². The standard InChI is InChI=1S/C34H48O5/c1-9-10-13-31(5)14-15-32(6,30(37)38)20-24(19-31)33(7)16-17-34(8)26(22(33)3)12-11-25-21(2)29(39-23(4)35)28(36)18-27(25)34/h11-12,18,22,24,36H,2,9-10,13-17,19-20H2,1,3-8H3,(H,37,38). The molecule has 0 aliphatic heterocycles. The lowest BCUT2D eigenvalue weighted by Crippen LogP contribution is -2.51. The molecule has 6 unspecified atom stereocenters. The summed E-state index contributed by atoms with van der Waals surface area (Å²) in [5.41, 5.74) is 1.47. The Bertz CT molecular complexity index is 1310. The van der Waals surface area contributed by atoms with Gasteiger partial charge in [-0.1, -0.05) is 71.8 Å². The number of unbranched alkanes of at least 4 members (excludes halogenated alkanes) is 1. The van der Waals surface area contributed by atoms with Gasteiger partial charge in [-0.25, -0.2) is 0 Å². The Labute approximate surface area is 234 Å². The first kappa shape index (κ1) is 29.4. The third-order valence-electron chi connectivity index (χ3n) is 11.2. The number of phenolic OH excluding ortho intramolecular Hbond substituents is 1. The number of ether oxygens (including phenoxy) is 1. The van der Waals surface area contributed by atoms with Gasteiger partial charge >= 0.3 is 11.9 Å². The van der Waals surface area contributed by atoms with E-state index in [1.165, 1.54) is 18.9 Å². The van der Waals surface area contributed by atoms with E-state index in [0.717, 1.165) is 55.7 Å². The van der Waals surface area contributed by atoms with E-state index in [9.17, 15) is 19.8 Å². The highest BCUT2D eigenvalue weighted by Gasteiger charge is 2.55. The molecule has 3 aliphatic rings. The van der Waals surface area contributed by atoms with E-state index >= 15 is 0 Å². The predicted molar refractivity (Wildman–Crippen MR) is 156 cm³/mol. The molecule has 2 N–H and O–H groups in total. The fraction of sp³-hybridized carbons (Fsp3) is 0.647. The number of benzene rings is 1. The van der Waals surface area contributed by atoms with E-state index < -0.39 is 17.4 Å². The predicted octanol–water partition coefficient (Wildman–Crippen LogP) is 6.62. The van der Waals surface area contributed by atoms with Crippen LogP contribution in [0.1, 0.15) is 112 Å². The summed E-state index contributed by atoms with van der Waals surface area (Å²) in [5.74, 6) is -0.542. The zero-order valence-corrected chi connectivity index (χ0v) is 25.1. The van der Waals surface area contributed by atoms with Crippen LogP contribution in [0.3, 0.4) is 0 Å². The molecule has 5 heteroatoms. The number of hydrogen-bond donors (Lipinski definition) is 2. The number of aromatic hydroxyl groups is 1. The van der Waals surface area contributed by atoms with Gasteiger partial charge in [0.25, 0.3) is 0 Å². The maximum absolute atomic E-state index is 12.6. The molecule has 4 rings (SSSR count). The molecule has 0 amide bonds. The highest BCUT2D eigenvalue weighted by atomic mass is 16.5. The monoisotopic (exact) mass is 536 g/mol. The van der Waals surface area contributed by atoms with Crippen molar-refractivity contribution in [1.29, 1.82) is 0 Å². The molecule has 214 valence electrons. The van der Waals surface area contributed by atoms with Crippen molar-refractivity contribution >= 4 is 24.6 Å². The molecule has 5 nitrogen and oxygen atoms in total. The van der Waals surface area contributed by atoms with Crippen LogP contribution in [0.2, 0.25) is 0 Å². The van der Waals surface area contributed by atoms with Gasteiger partial charge in [0.2, 0.25) is 0 Å². The van der Waals surface area contributed by atoms with Crippen LogP contribution in [-0.4, -0.2) is 22.2 Å². The van der Waals surface area contributed by atoms with Gasteiger partial charge < -0.3 is 14.9 Å². The molecular formula is C34H48O5. The molecule has 6 atom stereocenters. The SMILES string of the molecule is C=c1c(OC(C)=O)c(O)cc2c1=CC=C1C(C)C(C)(C3CC(C)(CCCC)CCC(C)(C(=O)O)C3)CCC12C. The molecule has 0 radical (unpaired) electrons. The Hall–Kier alpha value is -2.56. The van der Waals surface area contributed by atoms with Crippen LogP contribution in [-0.2, 0) is 15.0 Å². The third-order valence-corrected chi connectivity index (χ3v) is 11.2. The minimum Gasteiger partial charge on any atom is -0.504 e. The number of allylic oxidation sites excluding steroid dienone is 2. The van der Waals surface area contributed by atoms with Crippen molar-refractivity contribution < 1.29 is 24.5 Å². The molecule has 0 saturated heterocycles. The van der Waals surface area contributed by atoms with Gasteiger partial charge in [0, 0.05) is 17.6 Å². The largest absolute Gasteiger partial charge is 0.504 e. The maximum Gasteiger partial charge on any atom is 0.309 e. The van der Waals surface area contributed by atoms with Crippen molar-refractivity contribution in [2.75, 3.05) is 0 Å². The van der Waals surface area contributed by atoms with E-state index in [2.05, 4.69) is 53.3 Å². The van der Waals surface area contributed by atoms with E-state index in [1.54, 1.807) is 6.07 Å². The van der Waals surface area contributed by atoms with Crippen molar-refractivity contribution in [2.24, 2.45) is 28.1 Å². The fourth-order valence-corrected chi connectivity index (χ4v) is 8.17. The minimum absolute atomic E-state index is 0.0434. The van der Waals surface area contributed by atoms with E-state index in [1.807, 2.05) is 6.92 Å². The molecule has 0 heterocycles. The quantitative estimate of drug-likeness (QED) is 0.243. The van der Waals surface area contributed by atoms with Crippen LogP contribution in [0.4, 0.5) is 0 Å². The number of fused-ring (bicyclic) bond motifs is 3. The molecule has 2 saturated carbocycles. The number of carboxylic acids is 1. The molecule has 0 bridgehead atoms. The highest BCUT2D eigenvalue weighted by molar-refractivity contribution is 5.74. The van der Waals surface area contributed by atoms with Crippen molar-refractivity contribution in [2.45, 2.75) is 112 Å². The van der Waals surface area contributed by atoms with Gasteiger partial charge in [-0.3, -0.25) is 9.59 Å². The van der Waals surface area contributed by atoms with Crippen molar-refractivity contribution in [3.8, 4) is 11.5 Å². The second kappa shape index (κ2) is 10.1. The Morgan fingerprint density at radius 3 is 2.38 bits per heavy atom. The van der Waals surface area contributed by atoms with Crippen molar-refractivity contribution in [3.05, 3.63) is 33.7 Å². The van der Waals surface area contributed by atoms with Gasteiger partial charge in [-0.2, -0.15) is 0 Å². The molecule has 2 fully saturated rings. The number of phenols is 1. The van der Waals surface area contributed by atoms with Crippen LogP contribution in [0, 0.1) is 28.1 Å². The first-order chi connectivity index (χ1) is 18.1. The summed E-state index contributed by atoms with van der Waals surface area (Å²) >= 11 is 0. The average Bonchev–Trinajstić information content (AvgIpc) is 3.01. The van der Waals surface area contributed by atoms with E-state index in [0.29, 0.717) is 17.6 Å². The van der Waals surface area contributed by atoms with Crippen molar-refractivity contribution in [1.82, 2.24) is 0 Å². The number of carboxylic acid groups (broad SMARTS) is 1. The smallest absolute Gasteiger partial charge is 0.309 e. The van der Waals surface area contributed by atoms with Crippen LogP contribution < -0.4 is 15.2 Å². The lowest BCUT2D eigenvalue weighted by Gasteiger charge is -2.55. The normalized spacial score (nSPS) is 36.0. The molecule has 0 spiro atoms. The second-order valence-corrected chi connectivity index (χ2v) is 14.0. The number of esters is 1. The zero-order valence-electron chi connectivity index (χ0n) is 25.1. The van der Waals surface area contributed by atoms with Gasteiger partial charge in [0.15, 0.2) is 11.5 Å². The molecule has 39 heavy (non-hydrogen) atoms. The number of carbonyl (C=O) groups excluding carboxylic acids is 1. The Kier molecular flexibility index (Phi) is 7.64. The number of hydrogen-bond acceptors (Lipinski definition) is 4. The zero-order chi connectivity index (χ0) is 29.0. The van der Waals surface area contributed by atoms with Crippen LogP contribution in [0.25, 0.3) is 12.7 Å². The summed E-state index contributed by atoms with van der Waals surface area (Å²) in [6.07, 6.45) is 13.1. The summed E-state index contributed by atoms with van der Waals surface area (Å²) in [6.45, 7) is 19.1. The summed E-state index contributed by atoms with van der Waals surface area (Å²) in [4.78, 5) is 24.2. The Balaban J connectivity index is 1.78. The van der Waals surface area contributed by atoms with Gasteiger partial charge in [0.1, 0.15) is 0 Å².